The minimum atomic E-state index is -0.316. The normalized spacial score (nSPS) is 10.0. The molecule has 0 aliphatic carbocycles. The zero-order valence-corrected chi connectivity index (χ0v) is 8.61. The van der Waals surface area contributed by atoms with Crippen LogP contribution >= 0.6 is 11.3 Å². The topological polar surface area (TPSA) is 52.3 Å². The zero-order chi connectivity index (χ0) is 9.84. The van der Waals surface area contributed by atoms with Crippen LogP contribution in [-0.2, 0) is 4.74 Å². The summed E-state index contributed by atoms with van der Waals surface area (Å²) < 4.78 is 4.96. The minimum absolute atomic E-state index is 0.316. The van der Waals surface area contributed by atoms with Gasteiger partial charge in [-0.3, -0.25) is 0 Å². The number of ether oxygens (including phenoxy) is 1. The third-order valence-electron chi connectivity index (χ3n) is 1.68. The SMILES string of the molecule is CCCOC(=O)c1csc(C)c1N. The lowest BCUT2D eigenvalue weighted by Gasteiger charge is -2.01. The maximum atomic E-state index is 11.3. The molecule has 4 heteroatoms. The maximum Gasteiger partial charge on any atom is 0.341 e. The fraction of sp³-hybridized carbons (Fsp3) is 0.444. The number of hydrogen-bond donors (Lipinski definition) is 1. The molecule has 0 atom stereocenters. The Kier molecular flexibility index (Phi) is 3.31. The van der Waals surface area contributed by atoms with Gasteiger partial charge in [0.1, 0.15) is 0 Å². The average molecular weight is 199 g/mol. The van der Waals surface area contributed by atoms with E-state index >= 15 is 0 Å². The second kappa shape index (κ2) is 4.28. The molecule has 13 heavy (non-hydrogen) atoms. The van der Waals surface area contributed by atoms with Crippen molar-refractivity contribution in [2.24, 2.45) is 0 Å². The van der Waals surface area contributed by atoms with Crippen LogP contribution in [0.2, 0.25) is 0 Å². The summed E-state index contributed by atoms with van der Waals surface area (Å²) in [7, 11) is 0. The molecular formula is C9H13NO2S. The molecule has 3 nitrogen and oxygen atoms in total. The largest absolute Gasteiger partial charge is 0.462 e. The van der Waals surface area contributed by atoms with Gasteiger partial charge < -0.3 is 10.5 Å². The van der Waals surface area contributed by atoms with E-state index in [4.69, 9.17) is 10.5 Å². The number of nitrogens with two attached hydrogens (primary N) is 1. The Morgan fingerprint density at radius 2 is 2.38 bits per heavy atom. The average Bonchev–Trinajstić information content (AvgIpc) is 2.44. The predicted octanol–water partition coefficient (Wildman–Crippen LogP) is 2.21. The molecule has 1 rings (SSSR count). The van der Waals surface area contributed by atoms with Crippen LogP contribution in [0.1, 0.15) is 28.6 Å². The van der Waals surface area contributed by atoms with Crippen molar-refractivity contribution in [3.63, 3.8) is 0 Å². The van der Waals surface area contributed by atoms with Crippen molar-refractivity contribution in [3.8, 4) is 0 Å². The summed E-state index contributed by atoms with van der Waals surface area (Å²) in [6.45, 7) is 4.29. The van der Waals surface area contributed by atoms with Gasteiger partial charge in [0.25, 0.3) is 0 Å². The van der Waals surface area contributed by atoms with Crippen LogP contribution in [-0.4, -0.2) is 12.6 Å². The van der Waals surface area contributed by atoms with Crippen LogP contribution in [0.3, 0.4) is 0 Å². The fourth-order valence-electron chi connectivity index (χ4n) is 0.895. The van der Waals surface area contributed by atoms with Gasteiger partial charge in [-0.05, 0) is 13.3 Å². The molecule has 0 unspecified atom stereocenters. The van der Waals surface area contributed by atoms with Crippen molar-refractivity contribution in [2.45, 2.75) is 20.3 Å². The summed E-state index contributed by atoms with van der Waals surface area (Å²) in [6.07, 6.45) is 0.828. The lowest BCUT2D eigenvalue weighted by molar-refractivity contribution is 0.0507. The number of esters is 1. The Morgan fingerprint density at radius 1 is 1.69 bits per heavy atom. The Bertz CT molecular complexity index is 307. The molecule has 2 N–H and O–H groups in total. The van der Waals surface area contributed by atoms with Crippen LogP contribution in [0.15, 0.2) is 5.38 Å². The number of carbonyl (C=O) groups excluding carboxylic acids is 1. The van der Waals surface area contributed by atoms with Crippen molar-refractivity contribution in [1.82, 2.24) is 0 Å². The molecule has 1 aromatic rings. The second-order valence-electron chi connectivity index (χ2n) is 2.76. The van der Waals surface area contributed by atoms with Gasteiger partial charge in [-0.25, -0.2) is 4.79 Å². The van der Waals surface area contributed by atoms with Gasteiger partial charge in [-0.1, -0.05) is 6.92 Å². The van der Waals surface area contributed by atoms with E-state index in [1.165, 1.54) is 11.3 Å². The molecule has 0 radical (unpaired) electrons. The summed E-state index contributed by atoms with van der Waals surface area (Å²) in [4.78, 5) is 12.3. The number of aryl methyl sites for hydroxylation is 1. The van der Waals surface area contributed by atoms with Crippen LogP contribution in [0.25, 0.3) is 0 Å². The minimum Gasteiger partial charge on any atom is -0.462 e. The summed E-state index contributed by atoms with van der Waals surface area (Å²) >= 11 is 1.47. The van der Waals surface area contributed by atoms with E-state index in [1.54, 1.807) is 5.38 Å². The first-order valence-corrected chi connectivity index (χ1v) is 5.05. The molecule has 1 heterocycles. The molecule has 0 aromatic carbocycles. The number of nitrogen functional groups attached to an aromatic ring is 1. The van der Waals surface area contributed by atoms with Gasteiger partial charge in [0, 0.05) is 10.3 Å². The van der Waals surface area contributed by atoms with Crippen LogP contribution in [0.5, 0.6) is 0 Å². The Hall–Kier alpha value is -1.03. The van der Waals surface area contributed by atoms with E-state index in [0.717, 1.165) is 11.3 Å². The molecule has 72 valence electrons. The molecule has 0 spiro atoms. The van der Waals surface area contributed by atoms with Gasteiger partial charge in [-0.2, -0.15) is 0 Å². The maximum absolute atomic E-state index is 11.3. The lowest BCUT2D eigenvalue weighted by Crippen LogP contribution is -2.07. The van der Waals surface area contributed by atoms with Crippen molar-refractivity contribution >= 4 is 23.0 Å². The summed E-state index contributed by atoms with van der Waals surface area (Å²) in [6, 6.07) is 0. The Balaban J connectivity index is 2.71. The third-order valence-corrected chi connectivity index (χ3v) is 2.61. The van der Waals surface area contributed by atoms with Crippen molar-refractivity contribution < 1.29 is 9.53 Å². The Labute approximate surface area is 81.5 Å². The second-order valence-corrected chi connectivity index (χ2v) is 3.84. The number of anilines is 1. The molecule has 0 saturated carbocycles. The monoisotopic (exact) mass is 199 g/mol. The van der Waals surface area contributed by atoms with Gasteiger partial charge in [-0.15, -0.1) is 11.3 Å². The van der Waals surface area contributed by atoms with E-state index in [1.807, 2.05) is 13.8 Å². The summed E-state index contributed by atoms with van der Waals surface area (Å²) in [5.41, 5.74) is 6.73. The number of thiophene rings is 1. The van der Waals surface area contributed by atoms with Crippen LogP contribution in [0, 0.1) is 6.92 Å². The molecular weight excluding hydrogens is 186 g/mol. The highest BCUT2D eigenvalue weighted by Gasteiger charge is 2.13. The number of hydrogen-bond acceptors (Lipinski definition) is 4. The van der Waals surface area contributed by atoms with E-state index in [2.05, 4.69) is 0 Å². The predicted molar refractivity (Wildman–Crippen MR) is 54.0 cm³/mol. The van der Waals surface area contributed by atoms with Crippen molar-refractivity contribution in [3.05, 3.63) is 15.8 Å². The highest BCUT2D eigenvalue weighted by atomic mass is 32.1. The summed E-state index contributed by atoms with van der Waals surface area (Å²) in [5.74, 6) is -0.316. The van der Waals surface area contributed by atoms with E-state index in [0.29, 0.717) is 17.9 Å². The third kappa shape index (κ3) is 2.21. The molecule has 0 fully saturated rings. The molecule has 0 saturated heterocycles. The first kappa shape index (κ1) is 10.1. The Morgan fingerprint density at radius 3 is 2.85 bits per heavy atom. The number of carbonyl (C=O) groups is 1. The van der Waals surface area contributed by atoms with E-state index < -0.39 is 0 Å². The van der Waals surface area contributed by atoms with Gasteiger partial charge in [0.15, 0.2) is 0 Å². The highest BCUT2D eigenvalue weighted by Crippen LogP contribution is 2.24. The van der Waals surface area contributed by atoms with Crippen LogP contribution < -0.4 is 5.73 Å². The molecule has 1 aromatic heterocycles. The molecule has 0 bridgehead atoms. The smallest absolute Gasteiger partial charge is 0.341 e. The van der Waals surface area contributed by atoms with Gasteiger partial charge in [0.05, 0.1) is 17.9 Å². The van der Waals surface area contributed by atoms with Crippen molar-refractivity contribution in [2.75, 3.05) is 12.3 Å². The number of rotatable bonds is 3. The van der Waals surface area contributed by atoms with Crippen molar-refractivity contribution in [1.29, 1.82) is 0 Å². The molecule has 0 aliphatic rings. The quantitative estimate of drug-likeness (QED) is 0.759. The van der Waals surface area contributed by atoms with E-state index in [-0.39, 0.29) is 5.97 Å². The zero-order valence-electron chi connectivity index (χ0n) is 7.79. The highest BCUT2D eigenvalue weighted by molar-refractivity contribution is 7.10. The van der Waals surface area contributed by atoms with Crippen LogP contribution in [0.4, 0.5) is 5.69 Å². The molecule has 0 amide bonds. The lowest BCUT2D eigenvalue weighted by atomic mass is 10.2. The standard InChI is InChI=1S/C9H13NO2S/c1-3-4-12-9(11)7-5-13-6(2)8(7)10/h5H,3-4,10H2,1-2H3. The summed E-state index contributed by atoms with van der Waals surface area (Å²) in [5, 5.41) is 1.74. The van der Waals surface area contributed by atoms with Gasteiger partial charge in [0.2, 0.25) is 0 Å². The molecule has 0 aliphatic heterocycles. The first-order valence-electron chi connectivity index (χ1n) is 4.17. The fourth-order valence-corrected chi connectivity index (χ4v) is 1.65. The van der Waals surface area contributed by atoms with Gasteiger partial charge >= 0.3 is 5.97 Å². The van der Waals surface area contributed by atoms with E-state index in [9.17, 15) is 4.79 Å². The first-order chi connectivity index (χ1) is 6.16.